The van der Waals surface area contributed by atoms with Gasteiger partial charge >= 0.3 is 0 Å². The number of aromatic nitrogens is 2. The van der Waals surface area contributed by atoms with Crippen molar-refractivity contribution in [2.24, 2.45) is 0 Å². The molecule has 2 aromatic carbocycles. The maximum atomic E-state index is 8.80. The Labute approximate surface area is 148 Å². The van der Waals surface area contributed by atoms with Crippen LogP contribution in [0.2, 0.25) is 0 Å². The molecule has 0 amide bonds. The van der Waals surface area contributed by atoms with Gasteiger partial charge in [0.2, 0.25) is 0 Å². The molecule has 0 saturated heterocycles. The van der Waals surface area contributed by atoms with Gasteiger partial charge in [-0.1, -0.05) is 60.7 Å². The van der Waals surface area contributed by atoms with Crippen LogP contribution in [0.4, 0.5) is 0 Å². The van der Waals surface area contributed by atoms with E-state index in [0.717, 1.165) is 36.3 Å². The van der Waals surface area contributed by atoms with Gasteiger partial charge in [0.25, 0.3) is 0 Å². The maximum Gasteiger partial charge on any atom is 0.0968 e. The standard InChI is InChI=1S/C21H22N4/c22-13-7-15-25-17-20(21(24-25)19-10-5-2-6-11-19)16-23-14-12-18-8-3-1-4-9-18/h1-6,8-11,17,23H,7,12,14-16H2. The average Bonchev–Trinajstić information content (AvgIpc) is 3.08. The summed E-state index contributed by atoms with van der Waals surface area (Å²) < 4.78 is 1.87. The first kappa shape index (κ1) is 16.9. The van der Waals surface area contributed by atoms with Crippen molar-refractivity contribution in [3.8, 4) is 17.3 Å². The normalized spacial score (nSPS) is 10.5. The zero-order chi connectivity index (χ0) is 17.3. The Morgan fingerprint density at radius 2 is 1.72 bits per heavy atom. The molecule has 0 saturated carbocycles. The molecule has 0 unspecified atom stereocenters. The average molecular weight is 330 g/mol. The molecule has 0 bridgehead atoms. The largest absolute Gasteiger partial charge is 0.312 e. The summed E-state index contributed by atoms with van der Waals surface area (Å²) in [4.78, 5) is 0. The van der Waals surface area contributed by atoms with E-state index in [1.807, 2.05) is 28.9 Å². The number of rotatable bonds is 8. The summed E-state index contributed by atoms with van der Waals surface area (Å²) in [6.45, 7) is 2.31. The number of nitriles is 1. The minimum atomic E-state index is 0.469. The van der Waals surface area contributed by atoms with E-state index >= 15 is 0 Å². The summed E-state index contributed by atoms with van der Waals surface area (Å²) in [7, 11) is 0. The van der Waals surface area contributed by atoms with Crippen molar-refractivity contribution in [3.05, 3.63) is 78.0 Å². The summed E-state index contributed by atoms with van der Waals surface area (Å²) >= 11 is 0. The molecule has 1 aromatic heterocycles. The Morgan fingerprint density at radius 1 is 1.00 bits per heavy atom. The van der Waals surface area contributed by atoms with Crippen molar-refractivity contribution in [1.29, 1.82) is 5.26 Å². The Morgan fingerprint density at radius 3 is 2.44 bits per heavy atom. The second-order valence-corrected chi connectivity index (χ2v) is 5.95. The molecule has 1 N–H and O–H groups in total. The highest BCUT2D eigenvalue weighted by Crippen LogP contribution is 2.22. The van der Waals surface area contributed by atoms with Crippen LogP contribution >= 0.6 is 0 Å². The van der Waals surface area contributed by atoms with Gasteiger partial charge in [-0.15, -0.1) is 0 Å². The lowest BCUT2D eigenvalue weighted by atomic mass is 10.1. The van der Waals surface area contributed by atoms with Gasteiger partial charge in [0.1, 0.15) is 0 Å². The van der Waals surface area contributed by atoms with Crippen LogP contribution in [0.15, 0.2) is 66.9 Å². The minimum Gasteiger partial charge on any atom is -0.312 e. The lowest BCUT2D eigenvalue weighted by Crippen LogP contribution is -2.16. The lowest BCUT2D eigenvalue weighted by Gasteiger charge is -2.05. The Kier molecular flexibility index (Phi) is 5.97. The second-order valence-electron chi connectivity index (χ2n) is 5.95. The van der Waals surface area contributed by atoms with Crippen LogP contribution in [-0.2, 0) is 19.5 Å². The van der Waals surface area contributed by atoms with Crippen LogP contribution in [0.25, 0.3) is 11.3 Å². The topological polar surface area (TPSA) is 53.6 Å². The van der Waals surface area contributed by atoms with Crippen LogP contribution < -0.4 is 5.32 Å². The number of benzene rings is 2. The summed E-state index contributed by atoms with van der Waals surface area (Å²) in [6.07, 6.45) is 3.52. The van der Waals surface area contributed by atoms with E-state index in [1.54, 1.807) is 0 Å². The summed E-state index contributed by atoms with van der Waals surface area (Å²) in [6, 6.07) is 22.9. The molecule has 3 rings (SSSR count). The van der Waals surface area contributed by atoms with E-state index in [-0.39, 0.29) is 0 Å². The number of hydrogen-bond acceptors (Lipinski definition) is 3. The quantitative estimate of drug-likeness (QED) is 0.639. The Balaban J connectivity index is 1.66. The van der Waals surface area contributed by atoms with Gasteiger partial charge in [-0.3, -0.25) is 4.68 Å². The predicted octanol–water partition coefficient (Wildman–Crippen LogP) is 3.80. The summed E-state index contributed by atoms with van der Waals surface area (Å²) in [5.41, 5.74) is 4.60. The zero-order valence-corrected chi connectivity index (χ0v) is 14.2. The summed E-state index contributed by atoms with van der Waals surface area (Å²) in [5, 5.41) is 17.0. The highest BCUT2D eigenvalue weighted by Gasteiger charge is 2.10. The van der Waals surface area contributed by atoms with E-state index in [0.29, 0.717) is 13.0 Å². The molecule has 4 nitrogen and oxygen atoms in total. The van der Waals surface area contributed by atoms with Gasteiger partial charge in [-0.2, -0.15) is 10.4 Å². The fourth-order valence-corrected chi connectivity index (χ4v) is 2.81. The molecular weight excluding hydrogens is 308 g/mol. The smallest absolute Gasteiger partial charge is 0.0968 e. The van der Waals surface area contributed by atoms with Gasteiger partial charge < -0.3 is 5.32 Å². The van der Waals surface area contributed by atoms with Crippen LogP contribution in [0.3, 0.4) is 0 Å². The first-order valence-electron chi connectivity index (χ1n) is 8.60. The molecule has 0 atom stereocenters. The molecule has 4 heteroatoms. The third-order valence-corrected chi connectivity index (χ3v) is 4.09. The van der Waals surface area contributed by atoms with Crippen molar-refractivity contribution in [2.45, 2.75) is 25.9 Å². The zero-order valence-electron chi connectivity index (χ0n) is 14.2. The molecule has 0 spiro atoms. The Bertz CT molecular complexity index is 816. The second kappa shape index (κ2) is 8.81. The third-order valence-electron chi connectivity index (χ3n) is 4.09. The molecule has 1 heterocycles. The maximum absolute atomic E-state index is 8.80. The van der Waals surface area contributed by atoms with Crippen LogP contribution in [0.1, 0.15) is 17.5 Å². The van der Waals surface area contributed by atoms with Crippen molar-refractivity contribution >= 4 is 0 Å². The molecule has 0 fully saturated rings. The molecule has 0 aliphatic rings. The van der Waals surface area contributed by atoms with Crippen LogP contribution in [0, 0.1) is 11.3 Å². The number of hydrogen-bond donors (Lipinski definition) is 1. The molecule has 126 valence electrons. The third kappa shape index (κ3) is 4.79. The Hall–Kier alpha value is -2.90. The SMILES string of the molecule is N#CCCn1cc(CNCCc2ccccc2)c(-c2ccccc2)n1. The predicted molar refractivity (Wildman–Crippen MR) is 99.7 cm³/mol. The molecule has 0 aliphatic carbocycles. The first-order valence-corrected chi connectivity index (χ1v) is 8.60. The number of nitrogens with zero attached hydrogens (tertiary/aromatic N) is 3. The van der Waals surface area contributed by atoms with Gasteiger partial charge in [0.05, 0.1) is 24.7 Å². The van der Waals surface area contributed by atoms with Crippen LogP contribution in [0.5, 0.6) is 0 Å². The fourth-order valence-electron chi connectivity index (χ4n) is 2.81. The van der Waals surface area contributed by atoms with Crippen molar-refractivity contribution in [1.82, 2.24) is 15.1 Å². The van der Waals surface area contributed by atoms with Crippen molar-refractivity contribution < 1.29 is 0 Å². The van der Waals surface area contributed by atoms with Crippen molar-refractivity contribution in [2.75, 3.05) is 6.54 Å². The number of aryl methyl sites for hydroxylation is 1. The molecule has 0 aliphatic heterocycles. The first-order chi connectivity index (χ1) is 12.4. The monoisotopic (exact) mass is 330 g/mol. The van der Waals surface area contributed by atoms with Crippen molar-refractivity contribution in [3.63, 3.8) is 0 Å². The van der Waals surface area contributed by atoms with Gasteiger partial charge in [-0.05, 0) is 18.5 Å². The lowest BCUT2D eigenvalue weighted by molar-refractivity contribution is 0.627. The fraction of sp³-hybridized carbons (Fsp3) is 0.238. The van der Waals surface area contributed by atoms with Gasteiger partial charge in [-0.25, -0.2) is 0 Å². The van der Waals surface area contributed by atoms with Gasteiger partial charge in [0.15, 0.2) is 0 Å². The van der Waals surface area contributed by atoms with Gasteiger partial charge in [0, 0.05) is 23.9 Å². The molecule has 25 heavy (non-hydrogen) atoms. The molecular formula is C21H22N4. The van der Waals surface area contributed by atoms with E-state index < -0.39 is 0 Å². The van der Waals surface area contributed by atoms with E-state index in [2.05, 4.69) is 59.1 Å². The molecule has 0 radical (unpaired) electrons. The van der Waals surface area contributed by atoms with E-state index in [9.17, 15) is 0 Å². The van der Waals surface area contributed by atoms with Crippen LogP contribution in [-0.4, -0.2) is 16.3 Å². The van der Waals surface area contributed by atoms with E-state index in [1.165, 1.54) is 5.56 Å². The highest BCUT2D eigenvalue weighted by atomic mass is 15.3. The van der Waals surface area contributed by atoms with E-state index in [4.69, 9.17) is 5.26 Å². The summed E-state index contributed by atoms with van der Waals surface area (Å²) in [5.74, 6) is 0. The number of nitrogens with one attached hydrogen (secondary N) is 1. The molecule has 3 aromatic rings. The highest BCUT2D eigenvalue weighted by molar-refractivity contribution is 5.62. The minimum absolute atomic E-state index is 0.469.